The number of Topliss-reactive ketones (excluding diaryl/α,β-unsaturated/α-hetero) is 1. The SMILES string of the molecule is CC(=O)OC1CC[C@@]2(C)C(CC[C@H]3[C@@H]4C(OS(=O)(=O)c5ccc6ccccc6c5)C[C@H](C(C)=O)[C@@]4(C)C(O)C[C@@H]32)C1. The van der Waals surface area contributed by atoms with Crippen molar-refractivity contribution in [1.82, 2.24) is 0 Å². The summed E-state index contributed by atoms with van der Waals surface area (Å²) in [5, 5.41) is 13.6. The van der Waals surface area contributed by atoms with Crippen molar-refractivity contribution in [2.45, 2.75) is 95.8 Å². The number of fused-ring (bicyclic) bond motifs is 6. The summed E-state index contributed by atoms with van der Waals surface area (Å²) < 4.78 is 39.2. The minimum atomic E-state index is -4.12. The second-order valence-electron chi connectivity index (χ2n) is 13.7. The summed E-state index contributed by atoms with van der Waals surface area (Å²) in [6, 6.07) is 12.6. The molecule has 2 aromatic rings. The Kier molecular flexibility index (Phi) is 7.14. The molecule has 4 aliphatic carbocycles. The van der Waals surface area contributed by atoms with Crippen LogP contribution in [-0.4, -0.2) is 43.6 Å². The number of benzene rings is 2. The van der Waals surface area contributed by atoms with E-state index in [-0.39, 0.29) is 52.3 Å². The van der Waals surface area contributed by atoms with Gasteiger partial charge in [0.1, 0.15) is 11.9 Å². The normalized spacial score (nSPS) is 40.3. The molecule has 4 aliphatic rings. The van der Waals surface area contributed by atoms with Crippen LogP contribution in [0.5, 0.6) is 0 Å². The van der Waals surface area contributed by atoms with Gasteiger partial charge in [-0.3, -0.25) is 13.8 Å². The first-order valence-electron chi connectivity index (χ1n) is 15.1. The summed E-state index contributed by atoms with van der Waals surface area (Å²) in [7, 11) is -4.12. The lowest BCUT2D eigenvalue weighted by molar-refractivity contribution is -0.186. The van der Waals surface area contributed by atoms with Gasteiger partial charge in [-0.25, -0.2) is 0 Å². The zero-order chi connectivity index (χ0) is 29.3. The molecular formula is C33H42O7S. The van der Waals surface area contributed by atoms with Crippen LogP contribution < -0.4 is 0 Å². The smallest absolute Gasteiger partial charge is 0.302 e. The summed E-state index contributed by atoms with van der Waals surface area (Å²) in [4.78, 5) is 24.7. The first kappa shape index (κ1) is 28.8. The van der Waals surface area contributed by atoms with Crippen molar-refractivity contribution in [2.24, 2.45) is 40.4 Å². The zero-order valence-electron chi connectivity index (χ0n) is 24.4. The number of esters is 1. The van der Waals surface area contributed by atoms with Gasteiger partial charge in [0, 0.05) is 18.3 Å². The predicted molar refractivity (Wildman–Crippen MR) is 154 cm³/mol. The molecule has 0 amide bonds. The zero-order valence-corrected chi connectivity index (χ0v) is 25.2. The molecule has 0 bridgehead atoms. The third kappa shape index (κ3) is 4.65. The lowest BCUT2D eigenvalue weighted by atomic mass is 9.44. The molecule has 0 aliphatic heterocycles. The second kappa shape index (κ2) is 10.2. The Labute approximate surface area is 243 Å². The first-order chi connectivity index (χ1) is 19.3. The molecule has 2 aromatic carbocycles. The van der Waals surface area contributed by atoms with Crippen LogP contribution in [0.4, 0.5) is 0 Å². The monoisotopic (exact) mass is 582 g/mol. The van der Waals surface area contributed by atoms with E-state index in [1.165, 1.54) is 6.92 Å². The summed E-state index contributed by atoms with van der Waals surface area (Å²) >= 11 is 0. The number of hydrogen-bond acceptors (Lipinski definition) is 7. The molecule has 4 unspecified atom stereocenters. The van der Waals surface area contributed by atoms with E-state index in [0.717, 1.165) is 42.9 Å². The molecule has 0 radical (unpaired) electrons. The molecular weight excluding hydrogens is 540 g/mol. The number of ketones is 1. The van der Waals surface area contributed by atoms with Crippen LogP contribution in [0, 0.1) is 40.4 Å². The second-order valence-corrected chi connectivity index (χ2v) is 15.3. The quantitative estimate of drug-likeness (QED) is 0.357. The summed E-state index contributed by atoms with van der Waals surface area (Å²) in [5.74, 6) is -0.321. The number of carbonyl (C=O) groups excluding carboxylic acids is 2. The maximum absolute atomic E-state index is 13.7. The van der Waals surface area contributed by atoms with Crippen molar-refractivity contribution in [1.29, 1.82) is 0 Å². The van der Waals surface area contributed by atoms with Gasteiger partial charge in [0.2, 0.25) is 0 Å². The first-order valence-corrected chi connectivity index (χ1v) is 16.5. The van der Waals surface area contributed by atoms with Gasteiger partial charge in [-0.05, 0) is 104 Å². The van der Waals surface area contributed by atoms with Crippen molar-refractivity contribution in [3.8, 4) is 0 Å². The highest BCUT2D eigenvalue weighted by atomic mass is 32.2. The van der Waals surface area contributed by atoms with E-state index in [4.69, 9.17) is 8.92 Å². The Morgan fingerprint density at radius 2 is 1.68 bits per heavy atom. The number of hydrogen-bond donors (Lipinski definition) is 1. The largest absolute Gasteiger partial charge is 0.463 e. The van der Waals surface area contributed by atoms with Gasteiger partial charge in [0.05, 0.1) is 17.1 Å². The van der Waals surface area contributed by atoms with E-state index >= 15 is 0 Å². The van der Waals surface area contributed by atoms with Crippen LogP contribution in [0.15, 0.2) is 47.4 Å². The molecule has 0 saturated heterocycles. The molecule has 8 heteroatoms. The van der Waals surface area contributed by atoms with E-state index < -0.39 is 33.7 Å². The molecule has 7 nitrogen and oxygen atoms in total. The summed E-state index contributed by atoms with van der Waals surface area (Å²) in [5.41, 5.74) is -0.813. The highest BCUT2D eigenvalue weighted by Gasteiger charge is 2.67. The van der Waals surface area contributed by atoms with E-state index in [9.17, 15) is 23.1 Å². The van der Waals surface area contributed by atoms with Gasteiger partial charge in [-0.15, -0.1) is 0 Å². The van der Waals surface area contributed by atoms with Crippen LogP contribution in [-0.2, 0) is 28.6 Å². The van der Waals surface area contributed by atoms with Gasteiger partial charge in [0.25, 0.3) is 10.1 Å². The molecule has 4 fully saturated rings. The fraction of sp³-hybridized carbons (Fsp3) is 0.636. The van der Waals surface area contributed by atoms with Gasteiger partial charge >= 0.3 is 5.97 Å². The third-order valence-electron chi connectivity index (χ3n) is 11.8. The number of carbonyl (C=O) groups is 2. The van der Waals surface area contributed by atoms with E-state index in [1.54, 1.807) is 25.1 Å². The Bertz CT molecular complexity index is 1470. The average molecular weight is 583 g/mol. The van der Waals surface area contributed by atoms with E-state index in [2.05, 4.69) is 6.92 Å². The topological polar surface area (TPSA) is 107 Å². The molecule has 1 N–H and O–H groups in total. The number of aliphatic hydroxyl groups excluding tert-OH is 1. The van der Waals surface area contributed by atoms with Crippen molar-refractivity contribution in [2.75, 3.05) is 0 Å². The molecule has 0 heterocycles. The maximum Gasteiger partial charge on any atom is 0.302 e. The van der Waals surface area contributed by atoms with Gasteiger partial charge in [-0.1, -0.05) is 44.2 Å². The molecule has 4 saturated carbocycles. The van der Waals surface area contributed by atoms with Crippen LogP contribution in [0.3, 0.4) is 0 Å². The van der Waals surface area contributed by atoms with Crippen LogP contribution >= 0.6 is 0 Å². The molecule has 41 heavy (non-hydrogen) atoms. The fourth-order valence-electron chi connectivity index (χ4n) is 9.81. The molecule has 0 aromatic heterocycles. The minimum Gasteiger partial charge on any atom is -0.463 e. The predicted octanol–water partition coefficient (Wildman–Crippen LogP) is 5.67. The lowest BCUT2D eigenvalue weighted by Crippen LogP contribution is -2.60. The Hall–Kier alpha value is -2.29. The highest BCUT2D eigenvalue weighted by molar-refractivity contribution is 7.86. The van der Waals surface area contributed by atoms with Gasteiger partial charge in [0.15, 0.2) is 0 Å². The molecule has 222 valence electrons. The van der Waals surface area contributed by atoms with Crippen LogP contribution in [0.1, 0.15) is 72.6 Å². The van der Waals surface area contributed by atoms with Crippen molar-refractivity contribution in [3.05, 3.63) is 42.5 Å². The number of rotatable bonds is 5. The van der Waals surface area contributed by atoms with Crippen molar-refractivity contribution in [3.63, 3.8) is 0 Å². The highest BCUT2D eigenvalue weighted by Crippen LogP contribution is 2.68. The minimum absolute atomic E-state index is 0.0222. The standard InChI is InChI=1S/C33H42O7S/c1-19(34)27-17-29(40-41(37,38)25-11-9-21-7-5-6-8-22(21)15-25)31-26-12-10-23-16-24(39-20(2)35)13-14-32(23,3)28(26)18-30(36)33(27,31)4/h5-9,11,15,23-24,26-31,36H,10,12-14,16-18H2,1-4H3/t23?,24?,26-,27-,28+,29?,30?,31-,32+,33+/m1/s1. The Morgan fingerprint density at radius 1 is 0.951 bits per heavy atom. The Morgan fingerprint density at radius 3 is 2.39 bits per heavy atom. The number of ether oxygens (including phenoxy) is 1. The van der Waals surface area contributed by atoms with Gasteiger partial charge < -0.3 is 9.84 Å². The Balaban J connectivity index is 1.33. The van der Waals surface area contributed by atoms with Crippen molar-refractivity contribution >= 4 is 32.6 Å². The lowest BCUT2D eigenvalue weighted by Gasteiger charge is -2.62. The summed E-state index contributed by atoms with van der Waals surface area (Å²) in [6.45, 7) is 7.32. The summed E-state index contributed by atoms with van der Waals surface area (Å²) in [6.07, 6.45) is 3.73. The fourth-order valence-corrected chi connectivity index (χ4v) is 11.0. The average Bonchev–Trinajstić information content (AvgIpc) is 3.22. The molecule has 10 atom stereocenters. The molecule has 0 spiro atoms. The van der Waals surface area contributed by atoms with Gasteiger partial charge in [-0.2, -0.15) is 8.42 Å². The van der Waals surface area contributed by atoms with Crippen LogP contribution in [0.25, 0.3) is 10.8 Å². The number of aliphatic hydroxyl groups is 1. The van der Waals surface area contributed by atoms with E-state index in [0.29, 0.717) is 12.3 Å². The van der Waals surface area contributed by atoms with Crippen LogP contribution in [0.2, 0.25) is 0 Å². The van der Waals surface area contributed by atoms with E-state index in [1.807, 2.05) is 31.2 Å². The maximum atomic E-state index is 13.7. The third-order valence-corrected chi connectivity index (χ3v) is 13.1. The van der Waals surface area contributed by atoms with Crippen molar-refractivity contribution < 1.29 is 32.0 Å². The molecule has 6 rings (SSSR count).